The number of likely N-dealkylation sites (N-methyl/N-ethyl adjacent to an activating group) is 2. The molecule has 4 aromatic carbocycles. The van der Waals surface area contributed by atoms with Crippen molar-refractivity contribution < 1.29 is 47.3 Å². The summed E-state index contributed by atoms with van der Waals surface area (Å²) in [7, 11) is 3.46. The molecule has 4 heterocycles. The Hall–Kier alpha value is -6.84. The number of ether oxygens (including phenoxy) is 3. The average Bonchev–Trinajstić information content (AvgIpc) is 4.01. The number of anilines is 2. The number of halogens is 3. The van der Waals surface area contributed by atoms with E-state index in [0.717, 1.165) is 77.4 Å². The molecule has 436 valence electrons. The smallest absolute Gasteiger partial charge is 0.246 e. The van der Waals surface area contributed by atoms with Crippen LogP contribution in [0.1, 0.15) is 75.8 Å². The van der Waals surface area contributed by atoms with E-state index in [2.05, 4.69) is 33.6 Å². The molecule has 1 aliphatic carbocycles. The first-order valence-corrected chi connectivity index (χ1v) is 29.6. The van der Waals surface area contributed by atoms with E-state index in [1.54, 1.807) is 35.2 Å². The fourth-order valence-corrected chi connectivity index (χ4v) is 12.6. The SMILES string of the molecule is C=CC(=O)N1CCN(c2nc(NCCC(=O)N(C)CCOCCOCCOc3ccc(-c4csc([C@@H]5CCCN5C(=O)[C@@H](CC(=O)[C@H](C)NC)C5CCCCC5)n4)c4ccccc34)nc3c(F)c(-c4c(O)cccc4F)c(Cl)cc23)CC1. The van der Waals surface area contributed by atoms with Gasteiger partial charge in [-0.3, -0.25) is 19.2 Å². The van der Waals surface area contributed by atoms with Crippen molar-refractivity contribution in [2.45, 2.75) is 76.8 Å². The highest BCUT2D eigenvalue weighted by molar-refractivity contribution is 7.10. The van der Waals surface area contributed by atoms with Crippen molar-refractivity contribution in [3.63, 3.8) is 0 Å². The summed E-state index contributed by atoms with van der Waals surface area (Å²) in [5, 5.41) is 21.7. The summed E-state index contributed by atoms with van der Waals surface area (Å²) in [6.45, 7) is 9.50. The minimum absolute atomic E-state index is 0.0152. The summed E-state index contributed by atoms with van der Waals surface area (Å²) >= 11 is 8.19. The number of piperazine rings is 1. The van der Waals surface area contributed by atoms with Gasteiger partial charge in [0, 0.05) is 98.9 Å². The van der Waals surface area contributed by atoms with Crippen molar-refractivity contribution >= 4 is 79.9 Å². The second-order valence-electron chi connectivity index (χ2n) is 21.1. The molecule has 3 amide bonds. The van der Waals surface area contributed by atoms with Crippen molar-refractivity contribution in [3.8, 4) is 33.9 Å². The molecule has 3 fully saturated rings. The van der Waals surface area contributed by atoms with Crippen LogP contribution in [0.5, 0.6) is 11.5 Å². The summed E-state index contributed by atoms with van der Waals surface area (Å²) in [5.74, 6) is -1.55. The number of rotatable bonds is 25. The molecule has 0 bridgehead atoms. The van der Waals surface area contributed by atoms with Gasteiger partial charge in [0.25, 0.3) is 0 Å². The van der Waals surface area contributed by atoms with Gasteiger partial charge in [0.1, 0.15) is 46.0 Å². The zero-order chi connectivity index (χ0) is 57.9. The summed E-state index contributed by atoms with van der Waals surface area (Å²) in [6.07, 6.45) is 8.68. The maximum atomic E-state index is 16.6. The zero-order valence-corrected chi connectivity index (χ0v) is 48.3. The molecule has 2 aliphatic heterocycles. The molecular formula is C61H72ClF2N9O8S. The van der Waals surface area contributed by atoms with Gasteiger partial charge in [-0.25, -0.2) is 18.7 Å². The van der Waals surface area contributed by atoms with E-state index >= 15 is 8.78 Å². The van der Waals surface area contributed by atoms with Gasteiger partial charge in [-0.2, -0.15) is 4.98 Å². The second kappa shape index (κ2) is 28.0. The third-order valence-corrected chi connectivity index (χ3v) is 17.3. The third kappa shape index (κ3) is 13.8. The average molecular weight is 1160 g/mol. The monoisotopic (exact) mass is 1160 g/mol. The first kappa shape index (κ1) is 59.8. The molecule has 3 atom stereocenters. The Balaban J connectivity index is 0.731. The normalized spacial score (nSPS) is 16.6. The Labute approximate surface area is 486 Å². The Morgan fingerprint density at radius 3 is 2.37 bits per heavy atom. The number of fused-ring (bicyclic) bond motifs is 2. The summed E-state index contributed by atoms with van der Waals surface area (Å²) in [4.78, 5) is 74.5. The van der Waals surface area contributed by atoms with Gasteiger partial charge < -0.3 is 49.6 Å². The maximum Gasteiger partial charge on any atom is 0.246 e. The first-order valence-electron chi connectivity index (χ1n) is 28.3. The van der Waals surface area contributed by atoms with Crippen LogP contribution in [0, 0.1) is 23.5 Å². The lowest BCUT2D eigenvalue weighted by Crippen LogP contribution is -2.48. The lowest BCUT2D eigenvalue weighted by Gasteiger charge is -2.35. The molecule has 0 radical (unpaired) electrons. The van der Waals surface area contributed by atoms with Crippen molar-refractivity contribution in [1.82, 2.24) is 35.0 Å². The lowest BCUT2D eigenvalue weighted by atomic mass is 9.76. The number of phenols is 1. The number of ketones is 1. The number of hydrogen-bond donors (Lipinski definition) is 3. The van der Waals surface area contributed by atoms with Gasteiger partial charge in [-0.15, -0.1) is 11.3 Å². The van der Waals surface area contributed by atoms with E-state index in [1.165, 1.54) is 30.7 Å². The molecule has 3 aliphatic rings. The first-order chi connectivity index (χ1) is 39.8. The van der Waals surface area contributed by atoms with Crippen molar-refractivity contribution in [2.75, 3.05) is 103 Å². The molecule has 6 aromatic rings. The molecule has 3 N–H and O–H groups in total. The highest BCUT2D eigenvalue weighted by Crippen LogP contribution is 2.44. The number of amides is 3. The van der Waals surface area contributed by atoms with E-state index < -0.39 is 22.9 Å². The largest absolute Gasteiger partial charge is 0.507 e. The molecule has 9 rings (SSSR count). The van der Waals surface area contributed by atoms with Crippen LogP contribution in [0.25, 0.3) is 44.1 Å². The lowest BCUT2D eigenvalue weighted by molar-refractivity contribution is -0.141. The van der Waals surface area contributed by atoms with Crippen LogP contribution >= 0.6 is 22.9 Å². The van der Waals surface area contributed by atoms with Crippen LogP contribution in [-0.2, 0) is 28.7 Å². The summed E-state index contributed by atoms with van der Waals surface area (Å²) in [6, 6.07) is 16.7. The molecule has 0 unspecified atom stereocenters. The van der Waals surface area contributed by atoms with E-state index in [0.29, 0.717) is 71.5 Å². The van der Waals surface area contributed by atoms with Crippen molar-refractivity contribution in [2.24, 2.45) is 11.8 Å². The van der Waals surface area contributed by atoms with Crippen molar-refractivity contribution in [1.29, 1.82) is 0 Å². The Kier molecular flexibility index (Phi) is 20.4. The van der Waals surface area contributed by atoms with E-state index in [9.17, 15) is 24.3 Å². The molecule has 1 saturated carbocycles. The third-order valence-electron chi connectivity index (χ3n) is 16.0. The van der Waals surface area contributed by atoms with E-state index in [4.69, 9.17) is 35.8 Å². The molecule has 17 nitrogen and oxygen atoms in total. The number of nitrogens with one attached hydrogen (secondary N) is 2. The number of nitrogens with zero attached hydrogens (tertiary/aromatic N) is 7. The highest BCUT2D eigenvalue weighted by atomic mass is 35.5. The Bertz CT molecular complexity index is 3240. The Morgan fingerprint density at radius 2 is 1.62 bits per heavy atom. The molecule has 2 aromatic heterocycles. The fraction of sp³-hybridized carbons (Fsp3) is 0.459. The molecule has 0 spiro atoms. The van der Waals surface area contributed by atoms with E-state index in [1.807, 2.05) is 47.1 Å². The number of aromatic nitrogens is 3. The maximum absolute atomic E-state index is 16.6. The number of thiazole rings is 1. The van der Waals surface area contributed by atoms with Crippen LogP contribution in [0.3, 0.4) is 0 Å². The predicted molar refractivity (Wildman–Crippen MR) is 315 cm³/mol. The molecule has 82 heavy (non-hydrogen) atoms. The number of hydrogen-bond acceptors (Lipinski definition) is 15. The second-order valence-corrected chi connectivity index (χ2v) is 22.4. The van der Waals surface area contributed by atoms with Crippen LogP contribution in [0.4, 0.5) is 20.5 Å². The number of Topliss-reactive ketones (excluding diaryl/α,β-unsaturated/α-hetero) is 1. The fourth-order valence-electron chi connectivity index (χ4n) is 11.3. The van der Waals surface area contributed by atoms with Crippen LogP contribution in [-0.4, -0.2) is 157 Å². The van der Waals surface area contributed by atoms with Crippen molar-refractivity contribution in [3.05, 3.63) is 100 Å². The minimum atomic E-state index is -0.961. The van der Waals surface area contributed by atoms with Gasteiger partial charge >= 0.3 is 0 Å². The number of carbonyl (C=O) groups excluding carboxylic acids is 4. The zero-order valence-electron chi connectivity index (χ0n) is 46.8. The number of phenolic OH excluding ortho intramolecular Hbond substituents is 1. The number of likely N-dealkylation sites (tertiary alicyclic amines) is 1. The van der Waals surface area contributed by atoms with Crippen LogP contribution < -0.4 is 20.3 Å². The van der Waals surface area contributed by atoms with E-state index in [-0.39, 0.29) is 101 Å². The van der Waals surface area contributed by atoms with Gasteiger partial charge in [0.15, 0.2) is 5.82 Å². The van der Waals surface area contributed by atoms with Gasteiger partial charge in [-0.05, 0) is 87.4 Å². The minimum Gasteiger partial charge on any atom is -0.507 e. The van der Waals surface area contributed by atoms with Gasteiger partial charge in [0.05, 0.1) is 54.8 Å². The predicted octanol–water partition coefficient (Wildman–Crippen LogP) is 9.84. The highest BCUT2D eigenvalue weighted by Gasteiger charge is 2.40. The summed E-state index contributed by atoms with van der Waals surface area (Å²) < 4.78 is 49.5. The van der Waals surface area contributed by atoms with Gasteiger partial charge in [0.2, 0.25) is 23.7 Å². The summed E-state index contributed by atoms with van der Waals surface area (Å²) in [5.41, 5.74) is 0.894. The van der Waals surface area contributed by atoms with Crippen LogP contribution in [0.15, 0.2) is 78.7 Å². The van der Waals surface area contributed by atoms with Gasteiger partial charge in [-0.1, -0.05) is 67.8 Å². The number of carbonyl (C=O) groups is 4. The molecular weight excluding hydrogens is 1090 g/mol. The Morgan fingerprint density at radius 1 is 0.878 bits per heavy atom. The molecule has 21 heteroatoms. The number of aromatic hydroxyl groups is 1. The van der Waals surface area contributed by atoms with Crippen LogP contribution in [0.2, 0.25) is 5.02 Å². The molecule has 2 saturated heterocycles. The topological polar surface area (TPSA) is 192 Å². The standard InChI is InChI=1S/C61H72ClF2N9O8S/c1-5-52(76)71-25-27-72(28-26-71)58-44-35-45(62)54(55-46(63)17-11-19-49(55)74)56(64)57(44)68-61(69-58)66-23-22-53(77)70(4)29-30-79-31-32-80-33-34-81-51-21-20-41(40-15-9-10-16-42(40)51)47-37-82-59(67-47)48-18-12-24-73(48)60(78)43(36-50(75)38(2)65-3)39-13-7-6-8-14-39/h5,9-11,15-17,19-21,35,37-39,43,48,65,74H,1,6-8,12-14,18,22-34,36H2,2-4H3,(H,66,68,69)/t38-,43-,48-/m0/s1. The quantitative estimate of drug-likeness (QED) is 0.0362. The number of benzene rings is 4.